The van der Waals surface area contributed by atoms with Crippen LogP contribution in [-0.2, 0) is 16.0 Å². The number of carboxylic acids is 1. The van der Waals surface area contributed by atoms with Gasteiger partial charge in [-0.05, 0) is 68.7 Å². The van der Waals surface area contributed by atoms with E-state index in [2.05, 4.69) is 0 Å². The third kappa shape index (κ3) is 12.0. The van der Waals surface area contributed by atoms with Gasteiger partial charge in [0, 0.05) is 26.0 Å². The highest BCUT2D eigenvalue weighted by Gasteiger charge is 2.21. The van der Waals surface area contributed by atoms with Crippen molar-refractivity contribution in [3.05, 3.63) is 59.9 Å². The predicted molar refractivity (Wildman–Crippen MR) is 132 cm³/mol. The molecular weight excluding hydrogens is 491 g/mol. The number of unbranched alkanes of at least 4 members (excludes halogenated alkanes) is 2. The van der Waals surface area contributed by atoms with Gasteiger partial charge < -0.3 is 24.2 Å². The van der Waals surface area contributed by atoms with Crippen molar-refractivity contribution >= 4 is 12.1 Å². The summed E-state index contributed by atoms with van der Waals surface area (Å²) in [4.78, 5) is 25.4. The fraction of sp³-hybridized carbons (Fsp3) is 0.481. The molecule has 1 N–H and O–H groups in total. The minimum Gasteiger partial charge on any atom is -0.492 e. The highest BCUT2D eigenvalue weighted by atomic mass is 19.3. The third-order valence-electron chi connectivity index (χ3n) is 5.44. The van der Waals surface area contributed by atoms with E-state index < -0.39 is 29.9 Å². The van der Waals surface area contributed by atoms with E-state index in [0.717, 1.165) is 12.5 Å². The maximum Gasteiger partial charge on any atom is 0.415 e. The van der Waals surface area contributed by atoms with E-state index in [9.17, 15) is 27.9 Å². The van der Waals surface area contributed by atoms with Crippen LogP contribution >= 0.6 is 0 Å². The second-order valence-electron chi connectivity index (χ2n) is 8.67. The Morgan fingerprint density at radius 1 is 0.973 bits per heavy atom. The molecule has 2 rings (SSSR count). The van der Waals surface area contributed by atoms with Crippen LogP contribution in [0.3, 0.4) is 0 Å². The van der Waals surface area contributed by atoms with Crippen molar-refractivity contribution in [3.63, 3.8) is 0 Å². The van der Waals surface area contributed by atoms with Gasteiger partial charge >= 0.3 is 12.1 Å². The van der Waals surface area contributed by atoms with Gasteiger partial charge in [-0.25, -0.2) is 22.8 Å². The lowest BCUT2D eigenvalue weighted by molar-refractivity contribution is -0.149. The van der Waals surface area contributed by atoms with Gasteiger partial charge in [-0.1, -0.05) is 18.6 Å². The van der Waals surface area contributed by atoms with Crippen molar-refractivity contribution in [2.75, 3.05) is 26.3 Å². The average molecular weight is 526 g/mol. The fourth-order valence-corrected chi connectivity index (χ4v) is 3.51. The molecule has 0 saturated carbocycles. The highest BCUT2D eigenvalue weighted by molar-refractivity contribution is 5.72. The summed E-state index contributed by atoms with van der Waals surface area (Å²) in [5, 5.41) is 9.22. The Hall–Kier alpha value is -3.27. The molecular formula is C27H34F3NO6. The molecule has 1 atom stereocenters. The van der Waals surface area contributed by atoms with E-state index in [4.69, 9.17) is 14.2 Å². The zero-order chi connectivity index (χ0) is 27.3. The van der Waals surface area contributed by atoms with Gasteiger partial charge in [-0.3, -0.25) is 0 Å². The van der Waals surface area contributed by atoms with Gasteiger partial charge in [-0.2, -0.15) is 0 Å². The summed E-state index contributed by atoms with van der Waals surface area (Å²) >= 11 is 0. The topological polar surface area (TPSA) is 85.3 Å². The van der Waals surface area contributed by atoms with Crippen LogP contribution in [0.15, 0.2) is 48.5 Å². The third-order valence-corrected chi connectivity index (χ3v) is 5.44. The Kier molecular flexibility index (Phi) is 12.2. The number of aliphatic carboxylic acids is 1. The van der Waals surface area contributed by atoms with Crippen LogP contribution in [-0.4, -0.2) is 60.4 Å². The number of alkyl halides is 2. The molecule has 37 heavy (non-hydrogen) atoms. The fourth-order valence-electron chi connectivity index (χ4n) is 3.51. The Balaban J connectivity index is 1.90. The van der Waals surface area contributed by atoms with E-state index in [1.807, 2.05) is 0 Å². The van der Waals surface area contributed by atoms with Gasteiger partial charge in [0.2, 0.25) is 5.92 Å². The molecule has 2 aromatic rings. The van der Waals surface area contributed by atoms with Gasteiger partial charge in [0.15, 0.2) is 6.10 Å². The van der Waals surface area contributed by atoms with Crippen LogP contribution in [0, 0.1) is 5.82 Å². The van der Waals surface area contributed by atoms with Crippen molar-refractivity contribution in [1.82, 2.24) is 4.90 Å². The number of nitrogens with zero attached hydrogens (tertiary/aromatic N) is 1. The molecule has 0 spiro atoms. The van der Waals surface area contributed by atoms with Crippen molar-refractivity contribution in [2.45, 2.75) is 58.0 Å². The minimum atomic E-state index is -2.72. The lowest BCUT2D eigenvalue weighted by atomic mass is 10.1. The largest absolute Gasteiger partial charge is 0.492 e. The van der Waals surface area contributed by atoms with Crippen molar-refractivity contribution in [3.8, 4) is 11.5 Å². The molecule has 0 saturated heterocycles. The molecule has 10 heteroatoms. The first-order valence-electron chi connectivity index (χ1n) is 12.2. The van der Waals surface area contributed by atoms with Crippen molar-refractivity contribution in [2.24, 2.45) is 0 Å². The van der Waals surface area contributed by atoms with Gasteiger partial charge in [0.05, 0.1) is 6.54 Å². The van der Waals surface area contributed by atoms with E-state index in [1.165, 1.54) is 29.2 Å². The van der Waals surface area contributed by atoms with E-state index in [0.29, 0.717) is 31.6 Å². The maximum absolute atomic E-state index is 13.1. The van der Waals surface area contributed by atoms with Crippen LogP contribution in [0.4, 0.5) is 18.0 Å². The average Bonchev–Trinajstić information content (AvgIpc) is 2.84. The van der Waals surface area contributed by atoms with E-state index >= 15 is 0 Å². The van der Waals surface area contributed by atoms with Crippen molar-refractivity contribution < 1.29 is 42.1 Å². The predicted octanol–water partition coefficient (Wildman–Crippen LogP) is 5.95. The summed E-state index contributed by atoms with van der Waals surface area (Å²) in [5.41, 5.74) is 0.773. The number of rotatable bonds is 16. The Morgan fingerprint density at radius 3 is 2.22 bits per heavy atom. The number of ether oxygens (including phenoxy) is 3. The Bertz CT molecular complexity index is 964. The Labute approximate surface area is 215 Å². The van der Waals surface area contributed by atoms with Crippen LogP contribution in [0.1, 0.15) is 45.1 Å². The van der Waals surface area contributed by atoms with Gasteiger partial charge in [0.25, 0.3) is 0 Å². The molecule has 7 nitrogen and oxygen atoms in total. The zero-order valence-corrected chi connectivity index (χ0v) is 21.1. The molecule has 0 radical (unpaired) electrons. The number of halogens is 3. The van der Waals surface area contributed by atoms with Crippen LogP contribution in [0.25, 0.3) is 0 Å². The first-order chi connectivity index (χ1) is 17.6. The summed E-state index contributed by atoms with van der Waals surface area (Å²) in [7, 11) is 0. The van der Waals surface area contributed by atoms with Gasteiger partial charge in [-0.15, -0.1) is 0 Å². The molecule has 2 aromatic carbocycles. The van der Waals surface area contributed by atoms with E-state index in [1.54, 1.807) is 31.2 Å². The molecule has 204 valence electrons. The second-order valence-corrected chi connectivity index (χ2v) is 8.67. The molecule has 0 aromatic heterocycles. The quantitative estimate of drug-likeness (QED) is 0.273. The molecule has 0 aliphatic carbocycles. The Morgan fingerprint density at radius 2 is 1.62 bits per heavy atom. The summed E-state index contributed by atoms with van der Waals surface area (Å²) in [6.07, 6.45) is -0.221. The lowest BCUT2D eigenvalue weighted by Gasteiger charge is -2.22. The first-order valence-corrected chi connectivity index (χ1v) is 12.2. The van der Waals surface area contributed by atoms with Crippen LogP contribution < -0.4 is 9.47 Å². The summed E-state index contributed by atoms with van der Waals surface area (Å²) < 4.78 is 55.5. The molecule has 0 bridgehead atoms. The standard InChI is InChI=1S/C27H34F3NO6/c1-3-35-24(25(32)33)19-20-7-11-22(12-8-20)36-18-17-31(16-6-4-5-15-27(2,29)30)26(34)37-23-13-9-21(28)10-14-23/h7-14,24H,3-6,15-19H2,1-2H3,(H,32,33). The molecule has 1 unspecified atom stereocenters. The monoisotopic (exact) mass is 525 g/mol. The lowest BCUT2D eigenvalue weighted by Crippen LogP contribution is -2.37. The number of carbonyl (C=O) groups is 2. The number of benzene rings is 2. The summed E-state index contributed by atoms with van der Waals surface area (Å²) in [6.45, 7) is 3.51. The number of amides is 1. The minimum absolute atomic E-state index is 0.140. The molecule has 0 aliphatic rings. The first kappa shape index (κ1) is 30.0. The molecule has 0 heterocycles. The second kappa shape index (κ2) is 15.1. The molecule has 1 amide bonds. The number of carboxylic acid groups (broad SMARTS) is 1. The SMILES string of the molecule is CCOC(Cc1ccc(OCCN(CCCCCC(C)(F)F)C(=O)Oc2ccc(F)cc2)cc1)C(=O)O. The van der Waals surface area contributed by atoms with Crippen molar-refractivity contribution in [1.29, 1.82) is 0 Å². The van der Waals surface area contributed by atoms with Gasteiger partial charge in [0.1, 0.15) is 23.9 Å². The molecule has 0 aliphatic heterocycles. The number of hydrogen-bond donors (Lipinski definition) is 1. The normalized spacial score (nSPS) is 12.1. The smallest absolute Gasteiger partial charge is 0.415 e. The number of carbonyl (C=O) groups excluding carboxylic acids is 1. The zero-order valence-electron chi connectivity index (χ0n) is 21.1. The van der Waals surface area contributed by atoms with E-state index in [-0.39, 0.29) is 38.3 Å². The van der Waals surface area contributed by atoms with Crippen LogP contribution in [0.2, 0.25) is 0 Å². The van der Waals surface area contributed by atoms with Crippen LogP contribution in [0.5, 0.6) is 11.5 Å². The summed E-state index contributed by atoms with van der Waals surface area (Å²) in [5.74, 6) is -3.49. The maximum atomic E-state index is 13.1. The highest BCUT2D eigenvalue weighted by Crippen LogP contribution is 2.21. The number of hydrogen-bond acceptors (Lipinski definition) is 5. The molecule has 0 fully saturated rings. The summed E-state index contributed by atoms with van der Waals surface area (Å²) in [6, 6.07) is 11.9.